The number of amides is 2. The Balaban J connectivity index is 1.77. The van der Waals surface area contributed by atoms with E-state index in [1.165, 1.54) is 36.1 Å². The Morgan fingerprint density at radius 2 is 1.97 bits per heavy atom. The summed E-state index contributed by atoms with van der Waals surface area (Å²) in [6.07, 6.45) is -1.09. The molecule has 0 radical (unpaired) electrons. The van der Waals surface area contributed by atoms with Gasteiger partial charge in [0.05, 0.1) is 16.5 Å². The fourth-order valence-corrected chi connectivity index (χ4v) is 4.57. The summed E-state index contributed by atoms with van der Waals surface area (Å²) >= 11 is 3.43. The number of rotatable bonds is 6. The number of allylic oxidation sites excluding steroid dienone is 3. The van der Waals surface area contributed by atoms with Crippen LogP contribution >= 0.6 is 15.9 Å². The minimum Gasteiger partial charge on any atom is -0.377 e. The standard InChI is InChI=1S/C26H25BrF3N5O3/c1-14-18(27)8-6-9-19(14)33-23(36)16-11-15(12-20-22(16)34-21(13-38-3)35(20)31)32-24(37)17-7-4-5-10-25(17,2)26(28,29)30/h4-9,11-12H,10,13,31H2,1-3H3,(H,32,37)(H,33,36). The van der Waals surface area contributed by atoms with Crippen molar-refractivity contribution in [3.8, 4) is 0 Å². The molecule has 0 saturated carbocycles. The van der Waals surface area contributed by atoms with Crippen molar-refractivity contribution in [3.05, 3.63) is 75.6 Å². The second-order valence-electron chi connectivity index (χ2n) is 9.09. The number of nitrogen functional groups attached to an aromatic ring is 1. The lowest BCUT2D eigenvalue weighted by Crippen LogP contribution is -2.41. The number of benzene rings is 2. The number of carbonyl (C=O) groups is 2. The lowest BCUT2D eigenvalue weighted by molar-refractivity contribution is -0.203. The Kier molecular flexibility index (Phi) is 7.39. The van der Waals surface area contributed by atoms with Crippen molar-refractivity contribution in [1.82, 2.24) is 9.66 Å². The molecule has 0 saturated heterocycles. The van der Waals surface area contributed by atoms with Crippen LogP contribution in [0.5, 0.6) is 0 Å². The first kappa shape index (κ1) is 27.4. The number of ether oxygens (including phenoxy) is 1. The third-order valence-electron chi connectivity index (χ3n) is 6.55. The maximum Gasteiger partial charge on any atom is 0.398 e. The molecule has 200 valence electrons. The second-order valence-corrected chi connectivity index (χ2v) is 9.94. The fraction of sp³-hybridized carbons (Fsp3) is 0.269. The number of hydrogen-bond donors (Lipinski definition) is 3. The number of fused-ring (bicyclic) bond motifs is 1. The minimum absolute atomic E-state index is 0.0435. The maximum atomic E-state index is 13.9. The minimum atomic E-state index is -4.65. The molecule has 8 nitrogen and oxygen atoms in total. The first-order chi connectivity index (χ1) is 17.9. The molecule has 0 fully saturated rings. The Bertz CT molecular complexity index is 1500. The molecule has 1 unspecified atom stereocenters. The van der Waals surface area contributed by atoms with Crippen LogP contribution in [0.3, 0.4) is 0 Å². The van der Waals surface area contributed by atoms with Crippen LogP contribution in [-0.4, -0.2) is 34.8 Å². The van der Waals surface area contributed by atoms with E-state index in [0.29, 0.717) is 11.5 Å². The number of halogens is 4. The smallest absolute Gasteiger partial charge is 0.377 e. The van der Waals surface area contributed by atoms with Crippen molar-refractivity contribution in [2.24, 2.45) is 5.41 Å². The molecular formula is C26H25BrF3N5O3. The Morgan fingerprint density at radius 3 is 2.66 bits per heavy atom. The summed E-state index contributed by atoms with van der Waals surface area (Å²) in [5, 5.41) is 5.35. The molecule has 1 heterocycles. The van der Waals surface area contributed by atoms with Crippen molar-refractivity contribution < 1.29 is 27.5 Å². The molecule has 1 atom stereocenters. The molecule has 4 rings (SSSR count). The summed E-state index contributed by atoms with van der Waals surface area (Å²) in [5.74, 6) is 5.01. The molecule has 0 bridgehead atoms. The zero-order valence-corrected chi connectivity index (χ0v) is 22.3. The predicted octanol–water partition coefficient (Wildman–Crippen LogP) is 5.61. The van der Waals surface area contributed by atoms with Gasteiger partial charge in [0.15, 0.2) is 5.82 Å². The summed E-state index contributed by atoms with van der Waals surface area (Å²) in [6, 6.07) is 8.12. The number of nitrogens with one attached hydrogen (secondary N) is 2. The monoisotopic (exact) mass is 591 g/mol. The summed E-state index contributed by atoms with van der Waals surface area (Å²) in [7, 11) is 1.46. The Hall–Kier alpha value is -3.64. The van der Waals surface area contributed by atoms with E-state index in [2.05, 4.69) is 31.5 Å². The zero-order chi connectivity index (χ0) is 27.8. The SMILES string of the molecule is COCc1nc2c(C(=O)Nc3cccc(Br)c3C)cc(NC(=O)C3=CC=CCC3(C)C(F)(F)F)cc2n1N. The highest BCUT2D eigenvalue weighted by Crippen LogP contribution is 2.48. The van der Waals surface area contributed by atoms with E-state index >= 15 is 0 Å². The van der Waals surface area contributed by atoms with Gasteiger partial charge in [-0.2, -0.15) is 13.2 Å². The molecule has 1 aromatic heterocycles. The number of anilines is 2. The van der Waals surface area contributed by atoms with Crippen LogP contribution in [0.15, 0.2) is 58.6 Å². The van der Waals surface area contributed by atoms with E-state index in [-0.39, 0.29) is 35.3 Å². The number of aromatic nitrogens is 2. The van der Waals surface area contributed by atoms with Gasteiger partial charge < -0.3 is 21.2 Å². The molecule has 1 aliphatic rings. The molecule has 3 aromatic rings. The van der Waals surface area contributed by atoms with Gasteiger partial charge in [-0.1, -0.05) is 40.2 Å². The number of methoxy groups -OCH3 is 1. The molecule has 12 heteroatoms. The lowest BCUT2D eigenvalue weighted by Gasteiger charge is -2.34. The van der Waals surface area contributed by atoms with E-state index in [4.69, 9.17) is 10.6 Å². The molecule has 1 aliphatic carbocycles. The molecular weight excluding hydrogens is 567 g/mol. The number of hydrogen-bond acceptors (Lipinski definition) is 5. The zero-order valence-electron chi connectivity index (χ0n) is 20.7. The number of alkyl halides is 3. The fourth-order valence-electron chi connectivity index (χ4n) is 4.21. The van der Waals surface area contributed by atoms with Crippen LogP contribution < -0.4 is 16.5 Å². The quantitative estimate of drug-likeness (QED) is 0.322. The lowest BCUT2D eigenvalue weighted by atomic mass is 9.75. The molecule has 2 amide bonds. The molecule has 38 heavy (non-hydrogen) atoms. The predicted molar refractivity (Wildman–Crippen MR) is 142 cm³/mol. The van der Waals surface area contributed by atoms with Gasteiger partial charge in [0, 0.05) is 28.5 Å². The van der Waals surface area contributed by atoms with Crippen molar-refractivity contribution in [1.29, 1.82) is 0 Å². The largest absolute Gasteiger partial charge is 0.398 e. The highest BCUT2D eigenvalue weighted by Gasteiger charge is 2.55. The highest BCUT2D eigenvalue weighted by molar-refractivity contribution is 9.10. The maximum absolute atomic E-state index is 13.9. The summed E-state index contributed by atoms with van der Waals surface area (Å²) in [4.78, 5) is 31.0. The third-order valence-corrected chi connectivity index (χ3v) is 7.41. The van der Waals surface area contributed by atoms with Gasteiger partial charge in [0.25, 0.3) is 11.8 Å². The van der Waals surface area contributed by atoms with E-state index < -0.39 is 29.0 Å². The average molecular weight is 592 g/mol. The van der Waals surface area contributed by atoms with E-state index in [0.717, 1.165) is 23.0 Å². The van der Waals surface area contributed by atoms with Crippen LogP contribution in [0.2, 0.25) is 0 Å². The van der Waals surface area contributed by atoms with Crippen molar-refractivity contribution in [2.75, 3.05) is 23.6 Å². The number of imidazole rings is 1. The van der Waals surface area contributed by atoms with Gasteiger partial charge >= 0.3 is 6.18 Å². The average Bonchev–Trinajstić information content (AvgIpc) is 3.16. The van der Waals surface area contributed by atoms with E-state index in [9.17, 15) is 22.8 Å². The molecule has 0 aliphatic heterocycles. The summed E-state index contributed by atoms with van der Waals surface area (Å²) in [5.41, 5.74) is -0.820. The molecule has 4 N–H and O–H groups in total. The third kappa shape index (κ3) is 4.93. The van der Waals surface area contributed by atoms with Crippen LogP contribution in [0.4, 0.5) is 24.5 Å². The van der Waals surface area contributed by atoms with Gasteiger partial charge in [-0.15, -0.1) is 0 Å². The van der Waals surface area contributed by atoms with Crippen LogP contribution in [0.25, 0.3) is 11.0 Å². The topological polar surface area (TPSA) is 111 Å². The van der Waals surface area contributed by atoms with Crippen molar-refractivity contribution in [3.63, 3.8) is 0 Å². The number of carbonyl (C=O) groups excluding carboxylic acids is 2. The first-order valence-corrected chi connectivity index (χ1v) is 12.3. The molecule has 0 spiro atoms. The van der Waals surface area contributed by atoms with Crippen LogP contribution in [0.1, 0.15) is 35.1 Å². The van der Waals surface area contributed by atoms with Gasteiger partial charge in [0.2, 0.25) is 0 Å². The normalized spacial score (nSPS) is 17.4. The second kappa shape index (κ2) is 10.3. The van der Waals surface area contributed by atoms with Gasteiger partial charge in [-0.3, -0.25) is 9.59 Å². The Morgan fingerprint density at radius 1 is 1.24 bits per heavy atom. The van der Waals surface area contributed by atoms with Gasteiger partial charge in [0.1, 0.15) is 12.1 Å². The van der Waals surface area contributed by atoms with Crippen LogP contribution in [0, 0.1) is 12.3 Å². The van der Waals surface area contributed by atoms with Crippen molar-refractivity contribution in [2.45, 2.75) is 33.1 Å². The highest BCUT2D eigenvalue weighted by atomic mass is 79.9. The summed E-state index contributed by atoms with van der Waals surface area (Å²) < 4.78 is 48.8. The Labute approximate surface area is 224 Å². The van der Waals surface area contributed by atoms with Gasteiger partial charge in [-0.25, -0.2) is 9.66 Å². The van der Waals surface area contributed by atoms with Crippen LogP contribution in [-0.2, 0) is 16.1 Å². The van der Waals surface area contributed by atoms with Crippen molar-refractivity contribution >= 4 is 50.2 Å². The van der Waals surface area contributed by atoms with E-state index in [1.807, 2.05) is 13.0 Å². The molecule has 2 aromatic carbocycles. The first-order valence-electron chi connectivity index (χ1n) is 11.5. The van der Waals surface area contributed by atoms with E-state index in [1.54, 1.807) is 12.1 Å². The summed E-state index contributed by atoms with van der Waals surface area (Å²) in [6.45, 7) is 2.85. The number of nitrogens with two attached hydrogens (primary N) is 1. The van der Waals surface area contributed by atoms with Gasteiger partial charge in [-0.05, 0) is 50.1 Å². The number of nitrogens with zero attached hydrogens (tertiary/aromatic N) is 2.